The van der Waals surface area contributed by atoms with E-state index in [1.165, 1.54) is 30.6 Å². The van der Waals surface area contributed by atoms with Crippen molar-refractivity contribution in [2.24, 2.45) is 0 Å². The average Bonchev–Trinajstić information content (AvgIpc) is 2.82. The number of aldehydes is 1. The summed E-state index contributed by atoms with van der Waals surface area (Å²) < 4.78 is 2.20. The molecule has 0 N–H and O–H groups in total. The minimum atomic E-state index is 0.779. The van der Waals surface area contributed by atoms with Gasteiger partial charge in [0, 0.05) is 30.0 Å². The van der Waals surface area contributed by atoms with Crippen molar-refractivity contribution in [3.8, 4) is 5.69 Å². The van der Waals surface area contributed by atoms with Crippen LogP contribution in [0.2, 0.25) is 0 Å². The van der Waals surface area contributed by atoms with Crippen molar-refractivity contribution in [2.45, 2.75) is 33.1 Å². The van der Waals surface area contributed by atoms with Gasteiger partial charge in [0.15, 0.2) is 6.29 Å². The minimum absolute atomic E-state index is 0.779. The molecule has 1 aromatic heterocycles. The smallest absolute Gasteiger partial charge is 0.151 e. The Labute approximate surface area is 126 Å². The summed E-state index contributed by atoms with van der Waals surface area (Å²) in [6, 6.07) is 10.5. The number of carbonyl (C=O) groups excluding carboxylic acids is 1. The van der Waals surface area contributed by atoms with Crippen LogP contribution in [-0.2, 0) is 0 Å². The number of benzene rings is 1. The monoisotopic (exact) mass is 282 g/mol. The Balaban J connectivity index is 2.10. The summed E-state index contributed by atoms with van der Waals surface area (Å²) in [5, 5.41) is 0. The van der Waals surface area contributed by atoms with Gasteiger partial charge in [-0.1, -0.05) is 12.1 Å². The van der Waals surface area contributed by atoms with Crippen LogP contribution in [-0.4, -0.2) is 23.9 Å². The molecule has 0 atom stereocenters. The lowest BCUT2D eigenvalue weighted by atomic mass is 10.1. The van der Waals surface area contributed by atoms with E-state index in [9.17, 15) is 4.79 Å². The molecule has 3 rings (SSSR count). The topological polar surface area (TPSA) is 25.2 Å². The predicted molar refractivity (Wildman–Crippen MR) is 86.7 cm³/mol. The first-order chi connectivity index (χ1) is 10.2. The van der Waals surface area contributed by atoms with E-state index in [1.54, 1.807) is 0 Å². The van der Waals surface area contributed by atoms with Crippen LogP contribution in [0, 0.1) is 13.8 Å². The van der Waals surface area contributed by atoms with Crippen molar-refractivity contribution in [3.05, 3.63) is 47.3 Å². The first-order valence-corrected chi connectivity index (χ1v) is 7.71. The molecule has 2 heterocycles. The van der Waals surface area contributed by atoms with Crippen molar-refractivity contribution in [1.29, 1.82) is 0 Å². The largest absolute Gasteiger partial charge is 0.370 e. The molecule has 1 saturated heterocycles. The molecule has 1 aliphatic rings. The van der Waals surface area contributed by atoms with E-state index in [0.717, 1.165) is 36.3 Å². The number of aromatic nitrogens is 1. The van der Waals surface area contributed by atoms with Crippen molar-refractivity contribution in [3.63, 3.8) is 0 Å². The number of piperidine rings is 1. The molecule has 1 aromatic carbocycles. The van der Waals surface area contributed by atoms with Crippen molar-refractivity contribution in [1.82, 2.24) is 4.57 Å². The zero-order valence-corrected chi connectivity index (χ0v) is 12.8. The van der Waals surface area contributed by atoms with Crippen LogP contribution >= 0.6 is 0 Å². The third-order valence-corrected chi connectivity index (χ3v) is 4.42. The highest BCUT2D eigenvalue weighted by atomic mass is 16.1. The molecule has 2 aromatic rings. The standard InChI is InChI=1S/C18H22N2O/c1-14-12-16(13-21)15(2)20(14)18-9-5-4-8-17(18)19-10-6-3-7-11-19/h4-5,8-9,12-13H,3,6-7,10-11H2,1-2H3. The van der Waals surface area contributed by atoms with Crippen LogP contribution < -0.4 is 4.90 Å². The molecular formula is C18H22N2O. The Bertz CT molecular complexity index is 651. The normalized spacial score (nSPS) is 15.2. The highest BCUT2D eigenvalue weighted by molar-refractivity contribution is 5.78. The quantitative estimate of drug-likeness (QED) is 0.798. The fourth-order valence-electron chi connectivity index (χ4n) is 3.33. The van der Waals surface area contributed by atoms with Crippen molar-refractivity contribution in [2.75, 3.05) is 18.0 Å². The number of anilines is 1. The second kappa shape index (κ2) is 5.76. The molecule has 3 heteroatoms. The number of hydrogen-bond donors (Lipinski definition) is 0. The Morgan fingerprint density at radius 3 is 2.29 bits per heavy atom. The highest BCUT2D eigenvalue weighted by Gasteiger charge is 2.18. The lowest BCUT2D eigenvalue weighted by Gasteiger charge is -2.31. The van der Waals surface area contributed by atoms with E-state index in [-0.39, 0.29) is 0 Å². The number of carbonyl (C=O) groups is 1. The summed E-state index contributed by atoms with van der Waals surface area (Å²) in [5.41, 5.74) is 5.37. The van der Waals surface area contributed by atoms with E-state index in [4.69, 9.17) is 0 Å². The molecule has 21 heavy (non-hydrogen) atoms. The maximum Gasteiger partial charge on any atom is 0.151 e. The number of para-hydroxylation sites is 2. The lowest BCUT2D eigenvalue weighted by molar-refractivity contribution is 0.112. The van der Waals surface area contributed by atoms with Crippen LogP contribution in [0.4, 0.5) is 5.69 Å². The van der Waals surface area contributed by atoms with Gasteiger partial charge >= 0.3 is 0 Å². The van der Waals surface area contributed by atoms with Crippen molar-refractivity contribution >= 4 is 12.0 Å². The first-order valence-electron chi connectivity index (χ1n) is 7.71. The van der Waals surface area contributed by atoms with Gasteiger partial charge in [-0.05, 0) is 51.3 Å². The molecule has 0 spiro atoms. The molecular weight excluding hydrogens is 260 g/mol. The molecule has 0 radical (unpaired) electrons. The Kier molecular flexibility index (Phi) is 3.82. The van der Waals surface area contributed by atoms with Crippen LogP contribution in [0.3, 0.4) is 0 Å². The van der Waals surface area contributed by atoms with Crippen molar-refractivity contribution < 1.29 is 4.79 Å². The third-order valence-electron chi connectivity index (χ3n) is 4.42. The van der Waals surface area contributed by atoms with Gasteiger partial charge in [0.25, 0.3) is 0 Å². The third kappa shape index (κ3) is 2.48. The van der Waals surface area contributed by atoms with E-state index in [1.807, 2.05) is 13.0 Å². The first kappa shape index (κ1) is 13.9. The Hall–Kier alpha value is -2.03. The number of rotatable bonds is 3. The Morgan fingerprint density at radius 2 is 1.67 bits per heavy atom. The fourth-order valence-corrected chi connectivity index (χ4v) is 3.33. The molecule has 0 saturated carbocycles. The second-order valence-electron chi connectivity index (χ2n) is 5.82. The lowest BCUT2D eigenvalue weighted by Crippen LogP contribution is -2.30. The van der Waals surface area contributed by atoms with E-state index >= 15 is 0 Å². The minimum Gasteiger partial charge on any atom is -0.370 e. The van der Waals surface area contributed by atoms with Gasteiger partial charge in [-0.3, -0.25) is 4.79 Å². The van der Waals surface area contributed by atoms with Gasteiger partial charge in [0.2, 0.25) is 0 Å². The maximum atomic E-state index is 11.2. The summed E-state index contributed by atoms with van der Waals surface area (Å²) >= 11 is 0. The molecule has 0 bridgehead atoms. The maximum absolute atomic E-state index is 11.2. The van der Waals surface area contributed by atoms with Gasteiger partial charge in [0.1, 0.15) is 0 Å². The summed E-state index contributed by atoms with van der Waals surface area (Å²) in [6.07, 6.45) is 4.80. The molecule has 0 amide bonds. The molecule has 3 nitrogen and oxygen atoms in total. The predicted octanol–water partition coefficient (Wildman–Crippen LogP) is 3.90. The molecule has 1 fully saturated rings. The van der Waals surface area contributed by atoms with Gasteiger partial charge in [0.05, 0.1) is 11.4 Å². The van der Waals surface area contributed by atoms with E-state index in [0.29, 0.717) is 0 Å². The van der Waals surface area contributed by atoms with E-state index < -0.39 is 0 Å². The molecule has 110 valence electrons. The van der Waals surface area contributed by atoms with Gasteiger partial charge in [-0.25, -0.2) is 0 Å². The summed E-state index contributed by atoms with van der Waals surface area (Å²) in [5.74, 6) is 0. The van der Waals surface area contributed by atoms with Gasteiger partial charge in [-0.2, -0.15) is 0 Å². The van der Waals surface area contributed by atoms with Crippen LogP contribution in [0.1, 0.15) is 41.0 Å². The summed E-state index contributed by atoms with van der Waals surface area (Å²) in [7, 11) is 0. The summed E-state index contributed by atoms with van der Waals surface area (Å²) in [4.78, 5) is 13.7. The number of aryl methyl sites for hydroxylation is 1. The molecule has 1 aliphatic heterocycles. The fraction of sp³-hybridized carbons (Fsp3) is 0.389. The number of hydrogen-bond acceptors (Lipinski definition) is 2. The summed E-state index contributed by atoms with van der Waals surface area (Å²) in [6.45, 7) is 6.32. The SMILES string of the molecule is Cc1cc(C=O)c(C)n1-c1ccccc1N1CCCCC1. The second-order valence-corrected chi connectivity index (χ2v) is 5.82. The highest BCUT2D eigenvalue weighted by Crippen LogP contribution is 2.30. The van der Waals surface area contributed by atoms with Crippen LogP contribution in [0.25, 0.3) is 5.69 Å². The molecule has 0 aliphatic carbocycles. The Morgan fingerprint density at radius 1 is 1.00 bits per heavy atom. The van der Waals surface area contributed by atoms with Crippen LogP contribution in [0.15, 0.2) is 30.3 Å². The van der Waals surface area contributed by atoms with Gasteiger partial charge < -0.3 is 9.47 Å². The van der Waals surface area contributed by atoms with E-state index in [2.05, 4.69) is 40.7 Å². The molecule has 0 unspecified atom stereocenters. The number of nitrogens with zero attached hydrogens (tertiary/aromatic N) is 2. The zero-order chi connectivity index (χ0) is 14.8. The van der Waals surface area contributed by atoms with Crippen LogP contribution in [0.5, 0.6) is 0 Å². The zero-order valence-electron chi connectivity index (χ0n) is 12.8. The average molecular weight is 282 g/mol. The van der Waals surface area contributed by atoms with Gasteiger partial charge in [-0.15, -0.1) is 0 Å².